The molecule has 0 spiro atoms. The first kappa shape index (κ1) is 16.0. The molecule has 0 aromatic heterocycles. The second kappa shape index (κ2) is 8.20. The Morgan fingerprint density at radius 3 is 1.45 bits per heavy atom. The smallest absolute Gasteiger partial charge is 0.139 e. The molecule has 0 aromatic rings. The quantitative estimate of drug-likeness (QED) is 0.551. The summed E-state index contributed by atoms with van der Waals surface area (Å²) in [6.45, 7) is 4.50. The second-order valence-corrected chi connectivity index (χ2v) is 7.28. The van der Waals surface area contributed by atoms with Gasteiger partial charge in [-0.2, -0.15) is 0 Å². The average Bonchev–Trinajstić information content (AvgIpc) is 3.13. The fourth-order valence-electron chi connectivity index (χ4n) is 4.84. The second-order valence-electron chi connectivity index (χ2n) is 7.28. The summed E-state index contributed by atoms with van der Waals surface area (Å²) in [6, 6.07) is 0. The highest BCUT2D eigenvalue weighted by molar-refractivity contribution is 5.84. The van der Waals surface area contributed by atoms with Crippen molar-refractivity contribution in [1.29, 1.82) is 0 Å². The maximum absolute atomic E-state index is 13.2. The fourth-order valence-corrected chi connectivity index (χ4v) is 4.84. The van der Waals surface area contributed by atoms with Crippen molar-refractivity contribution < 1.29 is 4.79 Å². The van der Waals surface area contributed by atoms with Crippen LogP contribution in [0.3, 0.4) is 0 Å². The van der Waals surface area contributed by atoms with Crippen molar-refractivity contribution >= 4 is 5.78 Å². The molecule has 0 aromatic carbocycles. The van der Waals surface area contributed by atoms with Gasteiger partial charge in [0.1, 0.15) is 5.78 Å². The van der Waals surface area contributed by atoms with Crippen molar-refractivity contribution in [2.75, 3.05) is 0 Å². The number of hydrogen-bond donors (Lipinski definition) is 0. The van der Waals surface area contributed by atoms with Crippen LogP contribution in [0.4, 0.5) is 0 Å². The summed E-state index contributed by atoms with van der Waals surface area (Å²) in [6.07, 6.45) is 15.4. The summed E-state index contributed by atoms with van der Waals surface area (Å²) in [7, 11) is 0. The SMILES string of the molecule is CCCC(C(=O)C(CCC)C1CCCC1)C1CCCC1. The van der Waals surface area contributed by atoms with Crippen LogP contribution in [-0.4, -0.2) is 5.78 Å². The van der Waals surface area contributed by atoms with Crippen LogP contribution in [0.2, 0.25) is 0 Å². The van der Waals surface area contributed by atoms with Gasteiger partial charge in [0.15, 0.2) is 0 Å². The molecule has 2 aliphatic rings. The van der Waals surface area contributed by atoms with Crippen LogP contribution in [0.5, 0.6) is 0 Å². The lowest BCUT2D eigenvalue weighted by Crippen LogP contribution is -2.32. The Bertz CT molecular complexity index is 256. The van der Waals surface area contributed by atoms with Gasteiger partial charge in [0, 0.05) is 11.8 Å². The Kier molecular flexibility index (Phi) is 6.58. The van der Waals surface area contributed by atoms with Crippen molar-refractivity contribution in [1.82, 2.24) is 0 Å². The zero-order valence-electron chi connectivity index (χ0n) is 13.7. The standard InChI is InChI=1S/C19H34O/c1-3-9-17(15-11-5-6-12-15)19(20)18(10-4-2)16-13-7-8-14-16/h15-18H,3-14H2,1-2H3. The molecule has 0 bridgehead atoms. The molecule has 2 atom stereocenters. The number of carbonyl (C=O) groups is 1. The first-order valence-corrected chi connectivity index (χ1v) is 9.31. The summed E-state index contributed by atoms with van der Waals surface area (Å²) >= 11 is 0. The number of carbonyl (C=O) groups excluding carboxylic acids is 1. The van der Waals surface area contributed by atoms with Gasteiger partial charge in [0.25, 0.3) is 0 Å². The van der Waals surface area contributed by atoms with Crippen LogP contribution in [0.1, 0.15) is 90.9 Å². The molecular weight excluding hydrogens is 244 g/mol. The highest BCUT2D eigenvalue weighted by Gasteiger charge is 2.37. The molecule has 0 saturated heterocycles. The maximum Gasteiger partial charge on any atom is 0.139 e. The molecule has 20 heavy (non-hydrogen) atoms. The minimum atomic E-state index is 0.402. The van der Waals surface area contributed by atoms with Crippen LogP contribution in [0, 0.1) is 23.7 Å². The van der Waals surface area contributed by atoms with E-state index in [4.69, 9.17) is 0 Å². The highest BCUT2D eigenvalue weighted by atomic mass is 16.1. The van der Waals surface area contributed by atoms with Gasteiger partial charge in [0.05, 0.1) is 0 Å². The van der Waals surface area contributed by atoms with Crippen LogP contribution in [0.15, 0.2) is 0 Å². The van der Waals surface area contributed by atoms with E-state index >= 15 is 0 Å². The van der Waals surface area contributed by atoms with E-state index in [1.54, 1.807) is 0 Å². The molecule has 0 radical (unpaired) electrons. The van der Waals surface area contributed by atoms with Gasteiger partial charge in [-0.05, 0) is 50.4 Å². The lowest BCUT2D eigenvalue weighted by Gasteiger charge is -2.29. The van der Waals surface area contributed by atoms with Gasteiger partial charge < -0.3 is 0 Å². The van der Waals surface area contributed by atoms with Crippen LogP contribution in [0.25, 0.3) is 0 Å². The Morgan fingerprint density at radius 2 is 1.15 bits per heavy atom. The molecule has 2 aliphatic carbocycles. The first-order valence-electron chi connectivity index (χ1n) is 9.31. The minimum Gasteiger partial charge on any atom is -0.299 e. The molecule has 0 N–H and O–H groups in total. The van der Waals surface area contributed by atoms with Gasteiger partial charge in [-0.3, -0.25) is 4.79 Å². The average molecular weight is 278 g/mol. The van der Waals surface area contributed by atoms with Gasteiger partial charge >= 0.3 is 0 Å². The zero-order chi connectivity index (χ0) is 14.4. The monoisotopic (exact) mass is 278 g/mol. The van der Waals surface area contributed by atoms with E-state index in [0.717, 1.165) is 24.7 Å². The van der Waals surface area contributed by atoms with Crippen LogP contribution < -0.4 is 0 Å². The Morgan fingerprint density at radius 1 is 0.800 bits per heavy atom. The van der Waals surface area contributed by atoms with E-state index in [0.29, 0.717) is 17.6 Å². The summed E-state index contributed by atoms with van der Waals surface area (Å²) in [5.41, 5.74) is 0. The molecule has 1 nitrogen and oxygen atoms in total. The minimum absolute atomic E-state index is 0.402. The molecule has 1 heteroatoms. The van der Waals surface area contributed by atoms with Gasteiger partial charge in [0.2, 0.25) is 0 Å². The third kappa shape index (κ3) is 3.86. The largest absolute Gasteiger partial charge is 0.299 e. The summed E-state index contributed by atoms with van der Waals surface area (Å²) in [5.74, 6) is 2.93. The van der Waals surface area contributed by atoms with Crippen LogP contribution >= 0.6 is 0 Å². The molecule has 2 fully saturated rings. The lowest BCUT2D eigenvalue weighted by atomic mass is 9.73. The molecule has 0 heterocycles. The topological polar surface area (TPSA) is 17.1 Å². The van der Waals surface area contributed by atoms with Crippen molar-refractivity contribution in [2.45, 2.75) is 90.9 Å². The predicted molar refractivity (Wildman–Crippen MR) is 85.7 cm³/mol. The van der Waals surface area contributed by atoms with E-state index < -0.39 is 0 Å². The highest BCUT2D eigenvalue weighted by Crippen LogP contribution is 2.40. The Labute approximate surface area is 125 Å². The number of hydrogen-bond acceptors (Lipinski definition) is 1. The van der Waals surface area contributed by atoms with Crippen molar-refractivity contribution in [3.8, 4) is 0 Å². The molecule has 0 amide bonds. The Hall–Kier alpha value is -0.330. The summed E-state index contributed by atoms with van der Waals surface area (Å²) < 4.78 is 0. The molecule has 2 saturated carbocycles. The van der Waals surface area contributed by atoms with Crippen molar-refractivity contribution in [2.24, 2.45) is 23.7 Å². The van der Waals surface area contributed by atoms with Gasteiger partial charge in [-0.1, -0.05) is 52.4 Å². The fraction of sp³-hybridized carbons (Fsp3) is 0.947. The Balaban J connectivity index is 2.05. The number of rotatable bonds is 8. The van der Waals surface area contributed by atoms with Crippen molar-refractivity contribution in [3.05, 3.63) is 0 Å². The van der Waals surface area contributed by atoms with E-state index in [-0.39, 0.29) is 0 Å². The van der Waals surface area contributed by atoms with Gasteiger partial charge in [-0.15, -0.1) is 0 Å². The first-order chi connectivity index (χ1) is 9.77. The van der Waals surface area contributed by atoms with E-state index in [9.17, 15) is 4.79 Å². The van der Waals surface area contributed by atoms with E-state index in [2.05, 4.69) is 13.8 Å². The van der Waals surface area contributed by atoms with Gasteiger partial charge in [-0.25, -0.2) is 0 Å². The molecular formula is C19H34O. The van der Waals surface area contributed by atoms with Crippen LogP contribution in [-0.2, 0) is 4.79 Å². The number of Topliss-reactive ketones (excluding diaryl/α,β-unsaturated/α-hetero) is 1. The molecule has 2 unspecified atom stereocenters. The predicted octanol–water partition coefficient (Wildman–Crippen LogP) is 5.77. The zero-order valence-corrected chi connectivity index (χ0v) is 13.7. The normalized spacial score (nSPS) is 24.1. The van der Waals surface area contributed by atoms with E-state index in [1.165, 1.54) is 64.2 Å². The lowest BCUT2D eigenvalue weighted by molar-refractivity contribution is -0.130. The third-order valence-electron chi connectivity index (χ3n) is 5.87. The van der Waals surface area contributed by atoms with E-state index in [1.807, 2.05) is 0 Å². The maximum atomic E-state index is 13.2. The molecule has 2 rings (SSSR count). The number of ketones is 1. The molecule has 116 valence electrons. The summed E-state index contributed by atoms with van der Waals surface area (Å²) in [4.78, 5) is 13.2. The summed E-state index contributed by atoms with van der Waals surface area (Å²) in [5, 5.41) is 0. The third-order valence-corrected chi connectivity index (χ3v) is 5.87. The molecule has 0 aliphatic heterocycles. The van der Waals surface area contributed by atoms with Crippen molar-refractivity contribution in [3.63, 3.8) is 0 Å².